The van der Waals surface area contributed by atoms with Crippen molar-refractivity contribution in [1.82, 2.24) is 4.90 Å². The van der Waals surface area contributed by atoms with Gasteiger partial charge in [-0.3, -0.25) is 9.59 Å². The maximum absolute atomic E-state index is 14.1. The first-order valence-electron chi connectivity index (χ1n) is 11.3. The van der Waals surface area contributed by atoms with E-state index in [0.29, 0.717) is 28.4 Å². The van der Waals surface area contributed by atoms with Gasteiger partial charge in [0, 0.05) is 6.54 Å². The number of hydrogen-bond acceptors (Lipinski definition) is 7. The predicted molar refractivity (Wildman–Crippen MR) is 133 cm³/mol. The summed E-state index contributed by atoms with van der Waals surface area (Å²) < 4.78 is 35.4. The van der Waals surface area contributed by atoms with Gasteiger partial charge in [-0.15, -0.1) is 0 Å². The normalized spacial score (nSPS) is 16.6. The van der Waals surface area contributed by atoms with Gasteiger partial charge in [0.25, 0.3) is 11.7 Å². The number of halogens is 1. The summed E-state index contributed by atoms with van der Waals surface area (Å²) in [7, 11) is 5.87. The van der Waals surface area contributed by atoms with Crippen molar-refractivity contribution in [3.8, 4) is 23.0 Å². The molecule has 1 heterocycles. The smallest absolute Gasteiger partial charge is 0.295 e. The van der Waals surface area contributed by atoms with Crippen LogP contribution in [0.25, 0.3) is 5.76 Å². The number of ether oxygens (including phenoxy) is 4. The van der Waals surface area contributed by atoms with Crippen LogP contribution in [0.15, 0.2) is 66.2 Å². The Morgan fingerprint density at radius 2 is 1.57 bits per heavy atom. The van der Waals surface area contributed by atoms with Crippen molar-refractivity contribution in [2.75, 3.05) is 28.4 Å². The highest BCUT2D eigenvalue weighted by molar-refractivity contribution is 6.46. The molecule has 9 heteroatoms. The van der Waals surface area contributed by atoms with Crippen LogP contribution in [0.2, 0.25) is 0 Å². The van der Waals surface area contributed by atoms with Gasteiger partial charge in [0.2, 0.25) is 0 Å². The minimum atomic E-state index is -0.990. The molecule has 0 bridgehead atoms. The lowest BCUT2D eigenvalue weighted by Crippen LogP contribution is -2.29. The van der Waals surface area contributed by atoms with Gasteiger partial charge in [0.1, 0.15) is 23.1 Å². The third kappa shape index (κ3) is 4.80. The third-order valence-electron chi connectivity index (χ3n) is 6.17. The molecular weight excluding hydrogens is 481 g/mol. The fourth-order valence-corrected chi connectivity index (χ4v) is 4.39. The van der Waals surface area contributed by atoms with Crippen molar-refractivity contribution < 1.29 is 38.0 Å². The summed E-state index contributed by atoms with van der Waals surface area (Å²) in [5.74, 6) is -1.30. The molecule has 3 aromatic rings. The molecule has 3 aromatic carbocycles. The summed E-state index contributed by atoms with van der Waals surface area (Å²) in [5.41, 5.74) is 0.953. The van der Waals surface area contributed by atoms with Gasteiger partial charge in [-0.2, -0.15) is 0 Å². The summed E-state index contributed by atoms with van der Waals surface area (Å²) in [6, 6.07) is 14.6. The average molecular weight is 508 g/mol. The van der Waals surface area contributed by atoms with E-state index in [-0.39, 0.29) is 23.4 Å². The lowest BCUT2D eigenvalue weighted by atomic mass is 9.94. The van der Waals surface area contributed by atoms with Crippen LogP contribution in [0.4, 0.5) is 4.39 Å². The molecule has 0 spiro atoms. The van der Waals surface area contributed by atoms with E-state index in [9.17, 15) is 19.1 Å². The highest BCUT2D eigenvalue weighted by atomic mass is 19.1. The Bertz CT molecular complexity index is 1380. The van der Waals surface area contributed by atoms with Gasteiger partial charge in [-0.05, 0) is 53.6 Å². The Hall–Kier alpha value is -4.53. The van der Waals surface area contributed by atoms with Crippen LogP contribution >= 0.6 is 0 Å². The number of amides is 1. The van der Waals surface area contributed by atoms with Crippen LogP contribution in [-0.4, -0.2) is 50.1 Å². The summed E-state index contributed by atoms with van der Waals surface area (Å²) in [6.07, 6.45) is 0. The van der Waals surface area contributed by atoms with Crippen molar-refractivity contribution in [2.45, 2.75) is 12.6 Å². The lowest BCUT2D eigenvalue weighted by molar-refractivity contribution is -0.140. The molecule has 0 aromatic heterocycles. The molecule has 4 rings (SSSR count). The number of ketones is 1. The number of carbonyl (C=O) groups excluding carboxylic acids is 2. The Labute approximate surface area is 213 Å². The largest absolute Gasteiger partial charge is 0.507 e. The molecule has 0 aliphatic carbocycles. The van der Waals surface area contributed by atoms with E-state index in [1.807, 2.05) is 0 Å². The number of nitrogens with zero attached hydrogens (tertiary/aromatic N) is 1. The maximum atomic E-state index is 14.1. The van der Waals surface area contributed by atoms with Crippen LogP contribution < -0.4 is 18.9 Å². The molecule has 8 nitrogen and oxygen atoms in total. The first kappa shape index (κ1) is 25.6. The van der Waals surface area contributed by atoms with E-state index in [1.54, 1.807) is 42.5 Å². The number of aliphatic hydroxyl groups excluding tert-OH is 1. The number of aliphatic hydroxyl groups is 1. The SMILES string of the molecule is COc1cccc(C2/C(=C(\O)c3cc(F)ccc3OC)C(=O)C(=O)N2Cc2ccc(OC)c(OC)c2)c1. The quantitative estimate of drug-likeness (QED) is 0.273. The number of Topliss-reactive ketones (excluding diaryl/α,β-unsaturated/α-hetero) is 1. The molecule has 1 atom stereocenters. The minimum Gasteiger partial charge on any atom is -0.507 e. The highest BCUT2D eigenvalue weighted by Crippen LogP contribution is 2.43. The van der Waals surface area contributed by atoms with Crippen LogP contribution in [0.1, 0.15) is 22.7 Å². The topological polar surface area (TPSA) is 94.5 Å². The Morgan fingerprint density at radius 3 is 2.24 bits per heavy atom. The third-order valence-corrected chi connectivity index (χ3v) is 6.17. The van der Waals surface area contributed by atoms with Gasteiger partial charge in [-0.1, -0.05) is 18.2 Å². The van der Waals surface area contributed by atoms with Crippen molar-refractivity contribution in [3.05, 3.63) is 88.7 Å². The average Bonchev–Trinajstić information content (AvgIpc) is 3.17. The number of carbonyl (C=O) groups is 2. The van der Waals surface area contributed by atoms with E-state index < -0.39 is 29.3 Å². The molecule has 1 unspecified atom stereocenters. The van der Waals surface area contributed by atoms with E-state index in [4.69, 9.17) is 18.9 Å². The van der Waals surface area contributed by atoms with E-state index in [2.05, 4.69) is 0 Å². The van der Waals surface area contributed by atoms with Crippen molar-refractivity contribution >= 4 is 17.4 Å². The van der Waals surface area contributed by atoms with E-state index >= 15 is 0 Å². The second-order valence-corrected chi connectivity index (χ2v) is 8.24. The van der Waals surface area contributed by atoms with Crippen molar-refractivity contribution in [2.24, 2.45) is 0 Å². The predicted octanol–water partition coefficient (Wildman–Crippen LogP) is 4.48. The van der Waals surface area contributed by atoms with Gasteiger partial charge in [-0.25, -0.2) is 4.39 Å². The van der Waals surface area contributed by atoms with Crippen molar-refractivity contribution in [1.29, 1.82) is 0 Å². The van der Waals surface area contributed by atoms with Crippen LogP contribution in [0.5, 0.6) is 23.0 Å². The number of rotatable bonds is 8. The fourth-order valence-electron chi connectivity index (χ4n) is 4.39. The van der Waals surface area contributed by atoms with Crippen molar-refractivity contribution in [3.63, 3.8) is 0 Å². The molecule has 1 amide bonds. The summed E-state index contributed by atoms with van der Waals surface area (Å²) in [4.78, 5) is 28.0. The van der Waals surface area contributed by atoms with E-state index in [1.165, 1.54) is 45.5 Å². The first-order chi connectivity index (χ1) is 17.8. The monoisotopic (exact) mass is 507 g/mol. The molecule has 1 aliphatic heterocycles. The van der Waals surface area contributed by atoms with Gasteiger partial charge in [0.05, 0.1) is 45.6 Å². The van der Waals surface area contributed by atoms with Crippen LogP contribution in [0, 0.1) is 5.82 Å². The number of methoxy groups -OCH3 is 4. The zero-order chi connectivity index (χ0) is 26.7. The first-order valence-corrected chi connectivity index (χ1v) is 11.3. The Balaban J connectivity index is 1.90. The molecule has 1 aliphatic rings. The molecule has 1 fully saturated rings. The maximum Gasteiger partial charge on any atom is 0.295 e. The molecule has 37 heavy (non-hydrogen) atoms. The highest BCUT2D eigenvalue weighted by Gasteiger charge is 2.46. The molecular formula is C28H26FNO7. The Morgan fingerprint density at radius 1 is 0.865 bits per heavy atom. The molecule has 0 saturated carbocycles. The molecule has 0 radical (unpaired) electrons. The zero-order valence-electron chi connectivity index (χ0n) is 20.8. The summed E-state index contributed by atoms with van der Waals surface area (Å²) in [6.45, 7) is 0.0177. The molecule has 1 saturated heterocycles. The number of hydrogen-bond donors (Lipinski definition) is 1. The Kier molecular flexibility index (Phi) is 7.33. The fraction of sp³-hybridized carbons (Fsp3) is 0.214. The van der Waals surface area contributed by atoms with Gasteiger partial charge >= 0.3 is 0 Å². The number of likely N-dealkylation sites (tertiary alicyclic amines) is 1. The van der Waals surface area contributed by atoms with Crippen LogP contribution in [-0.2, 0) is 16.1 Å². The zero-order valence-corrected chi connectivity index (χ0v) is 20.8. The second-order valence-electron chi connectivity index (χ2n) is 8.24. The number of benzene rings is 3. The second kappa shape index (κ2) is 10.6. The molecule has 1 N–H and O–H groups in total. The summed E-state index contributed by atoms with van der Waals surface area (Å²) >= 11 is 0. The standard InChI is InChI=1S/C28H26FNO7/c1-34-19-7-5-6-17(13-19)25-24(26(31)20-14-18(29)9-11-21(20)35-2)27(32)28(33)30(25)15-16-8-10-22(36-3)23(12-16)37-4/h5-14,25,31H,15H2,1-4H3/b26-24+. The van der Waals surface area contributed by atoms with Gasteiger partial charge < -0.3 is 29.0 Å². The lowest BCUT2D eigenvalue weighted by Gasteiger charge is -2.26. The van der Waals surface area contributed by atoms with Gasteiger partial charge in [0.15, 0.2) is 11.5 Å². The summed E-state index contributed by atoms with van der Waals surface area (Å²) in [5, 5.41) is 11.3. The molecule has 192 valence electrons. The van der Waals surface area contributed by atoms with E-state index in [0.717, 1.165) is 6.07 Å². The minimum absolute atomic E-state index is 0.0177. The van der Waals surface area contributed by atoms with Crippen LogP contribution in [0.3, 0.4) is 0 Å².